The molecule has 8 heteroatoms. The molecule has 2 aromatic rings. The SMILES string of the molecule is CCNc1cc(C)nc(NCCNC(=O)c2cc(C3CC3)on2)n1. The molecule has 128 valence electrons. The summed E-state index contributed by atoms with van der Waals surface area (Å²) in [7, 11) is 0. The molecule has 1 aliphatic rings. The molecular weight excluding hydrogens is 308 g/mol. The largest absolute Gasteiger partial charge is 0.370 e. The maximum Gasteiger partial charge on any atom is 0.273 e. The van der Waals surface area contributed by atoms with Gasteiger partial charge >= 0.3 is 0 Å². The molecule has 3 rings (SSSR count). The van der Waals surface area contributed by atoms with Crippen molar-refractivity contribution in [2.75, 3.05) is 30.3 Å². The monoisotopic (exact) mass is 330 g/mol. The van der Waals surface area contributed by atoms with Gasteiger partial charge in [-0.1, -0.05) is 5.16 Å². The Bertz CT molecular complexity index is 710. The van der Waals surface area contributed by atoms with Crippen LogP contribution in [0.25, 0.3) is 0 Å². The van der Waals surface area contributed by atoms with Gasteiger partial charge in [-0.05, 0) is 26.7 Å². The molecule has 1 aliphatic carbocycles. The van der Waals surface area contributed by atoms with Crippen LogP contribution in [0.2, 0.25) is 0 Å². The molecule has 0 atom stereocenters. The standard InChI is InChI=1S/C16H22N6O2/c1-3-17-14-8-10(2)20-16(21-14)19-7-6-18-15(23)12-9-13(24-22-12)11-4-5-11/h8-9,11H,3-7H2,1-2H3,(H,18,23)(H2,17,19,20,21). The van der Waals surface area contributed by atoms with Crippen molar-refractivity contribution in [1.29, 1.82) is 0 Å². The molecule has 1 saturated carbocycles. The normalized spacial score (nSPS) is 13.6. The summed E-state index contributed by atoms with van der Waals surface area (Å²) in [4.78, 5) is 20.7. The molecule has 0 bridgehead atoms. The average Bonchev–Trinajstić information content (AvgIpc) is 3.28. The van der Waals surface area contributed by atoms with Crippen LogP contribution in [-0.4, -0.2) is 40.7 Å². The van der Waals surface area contributed by atoms with E-state index < -0.39 is 0 Å². The number of nitrogens with zero attached hydrogens (tertiary/aromatic N) is 3. The third kappa shape index (κ3) is 4.21. The van der Waals surface area contributed by atoms with Crippen LogP contribution in [0.15, 0.2) is 16.7 Å². The number of carbonyl (C=O) groups excluding carboxylic acids is 1. The number of aryl methyl sites for hydroxylation is 1. The van der Waals surface area contributed by atoms with Crippen LogP contribution < -0.4 is 16.0 Å². The van der Waals surface area contributed by atoms with E-state index >= 15 is 0 Å². The molecule has 0 unspecified atom stereocenters. The summed E-state index contributed by atoms with van der Waals surface area (Å²) >= 11 is 0. The smallest absolute Gasteiger partial charge is 0.273 e. The van der Waals surface area contributed by atoms with E-state index in [0.29, 0.717) is 30.6 Å². The minimum absolute atomic E-state index is 0.231. The zero-order chi connectivity index (χ0) is 16.9. The molecule has 1 amide bonds. The molecule has 8 nitrogen and oxygen atoms in total. The van der Waals surface area contributed by atoms with Crippen LogP contribution in [0.4, 0.5) is 11.8 Å². The quantitative estimate of drug-likeness (QED) is 0.635. The molecule has 0 aromatic carbocycles. The van der Waals surface area contributed by atoms with Crippen molar-refractivity contribution in [2.45, 2.75) is 32.6 Å². The Labute approximate surface area is 140 Å². The third-order valence-corrected chi connectivity index (χ3v) is 3.65. The van der Waals surface area contributed by atoms with Gasteiger partial charge in [0.15, 0.2) is 5.69 Å². The lowest BCUT2D eigenvalue weighted by Gasteiger charge is -2.09. The van der Waals surface area contributed by atoms with Gasteiger partial charge in [-0.25, -0.2) is 4.98 Å². The van der Waals surface area contributed by atoms with Gasteiger partial charge in [0.25, 0.3) is 5.91 Å². The van der Waals surface area contributed by atoms with Crippen molar-refractivity contribution in [2.24, 2.45) is 0 Å². The van der Waals surface area contributed by atoms with E-state index in [1.165, 1.54) is 0 Å². The second-order valence-corrected chi connectivity index (χ2v) is 5.82. The van der Waals surface area contributed by atoms with E-state index in [4.69, 9.17) is 4.52 Å². The number of nitrogens with one attached hydrogen (secondary N) is 3. The van der Waals surface area contributed by atoms with Crippen LogP contribution >= 0.6 is 0 Å². The van der Waals surface area contributed by atoms with E-state index in [9.17, 15) is 4.79 Å². The maximum absolute atomic E-state index is 12.0. The lowest BCUT2D eigenvalue weighted by atomic mass is 10.3. The van der Waals surface area contributed by atoms with Gasteiger partial charge in [0.2, 0.25) is 5.95 Å². The summed E-state index contributed by atoms with van der Waals surface area (Å²) in [6.45, 7) is 5.69. The first-order valence-electron chi connectivity index (χ1n) is 8.24. The van der Waals surface area contributed by atoms with Crippen molar-refractivity contribution in [3.05, 3.63) is 29.3 Å². The van der Waals surface area contributed by atoms with Gasteiger partial charge in [0.05, 0.1) is 0 Å². The van der Waals surface area contributed by atoms with Crippen molar-refractivity contribution >= 4 is 17.7 Å². The lowest BCUT2D eigenvalue weighted by Crippen LogP contribution is -2.29. The summed E-state index contributed by atoms with van der Waals surface area (Å²) in [6, 6.07) is 3.62. The van der Waals surface area contributed by atoms with Gasteiger partial charge in [-0.2, -0.15) is 4.98 Å². The summed E-state index contributed by atoms with van der Waals surface area (Å²) in [5.74, 6) is 2.35. The fraction of sp³-hybridized carbons (Fsp3) is 0.500. The van der Waals surface area contributed by atoms with Crippen molar-refractivity contribution < 1.29 is 9.32 Å². The molecule has 2 heterocycles. The third-order valence-electron chi connectivity index (χ3n) is 3.65. The highest BCUT2D eigenvalue weighted by Crippen LogP contribution is 2.40. The maximum atomic E-state index is 12.0. The zero-order valence-corrected chi connectivity index (χ0v) is 13.9. The van der Waals surface area contributed by atoms with Crippen LogP contribution in [0.5, 0.6) is 0 Å². The average molecular weight is 330 g/mol. The molecule has 1 fully saturated rings. The van der Waals surface area contributed by atoms with Gasteiger partial charge in [-0.15, -0.1) is 0 Å². The second-order valence-electron chi connectivity index (χ2n) is 5.82. The highest BCUT2D eigenvalue weighted by Gasteiger charge is 2.28. The van der Waals surface area contributed by atoms with Crippen LogP contribution in [0, 0.1) is 6.92 Å². The fourth-order valence-electron chi connectivity index (χ4n) is 2.32. The van der Waals surface area contributed by atoms with Gasteiger partial charge in [0.1, 0.15) is 11.6 Å². The van der Waals surface area contributed by atoms with Crippen LogP contribution in [0.3, 0.4) is 0 Å². The minimum Gasteiger partial charge on any atom is -0.370 e. The number of rotatable bonds is 8. The predicted molar refractivity (Wildman–Crippen MR) is 90.2 cm³/mol. The highest BCUT2D eigenvalue weighted by molar-refractivity contribution is 5.92. The van der Waals surface area contributed by atoms with Crippen molar-refractivity contribution in [3.63, 3.8) is 0 Å². The summed E-state index contributed by atoms with van der Waals surface area (Å²) in [5.41, 5.74) is 1.21. The Morgan fingerprint density at radius 1 is 1.25 bits per heavy atom. The van der Waals surface area contributed by atoms with E-state index in [1.54, 1.807) is 6.07 Å². The predicted octanol–water partition coefficient (Wildman–Crippen LogP) is 1.92. The van der Waals surface area contributed by atoms with E-state index in [-0.39, 0.29) is 5.91 Å². The Hall–Kier alpha value is -2.64. The molecule has 0 spiro atoms. The summed E-state index contributed by atoms with van der Waals surface area (Å²) in [6.07, 6.45) is 2.23. The van der Waals surface area contributed by atoms with Crippen molar-refractivity contribution in [1.82, 2.24) is 20.4 Å². The number of aromatic nitrogens is 3. The number of amides is 1. The van der Waals surface area contributed by atoms with Gasteiger partial charge in [-0.3, -0.25) is 4.79 Å². The lowest BCUT2D eigenvalue weighted by molar-refractivity contribution is 0.0946. The molecule has 0 saturated heterocycles. The molecule has 24 heavy (non-hydrogen) atoms. The van der Waals surface area contributed by atoms with E-state index in [2.05, 4.69) is 31.1 Å². The second kappa shape index (κ2) is 7.29. The van der Waals surface area contributed by atoms with E-state index in [0.717, 1.165) is 36.7 Å². The Morgan fingerprint density at radius 2 is 2.08 bits per heavy atom. The zero-order valence-electron chi connectivity index (χ0n) is 13.9. The topological polar surface area (TPSA) is 105 Å². The number of anilines is 2. The first kappa shape index (κ1) is 16.2. The number of carbonyl (C=O) groups is 1. The first-order valence-corrected chi connectivity index (χ1v) is 8.24. The van der Waals surface area contributed by atoms with Gasteiger partial charge < -0.3 is 20.5 Å². The summed E-state index contributed by atoms with van der Waals surface area (Å²) < 4.78 is 5.18. The molecule has 2 aromatic heterocycles. The summed E-state index contributed by atoms with van der Waals surface area (Å²) in [5, 5.41) is 12.9. The molecule has 0 aliphatic heterocycles. The Balaban J connectivity index is 1.45. The van der Waals surface area contributed by atoms with Crippen molar-refractivity contribution in [3.8, 4) is 0 Å². The Kier molecular flexibility index (Phi) is 4.93. The first-order chi connectivity index (χ1) is 11.7. The molecule has 0 radical (unpaired) electrons. The van der Waals surface area contributed by atoms with Gasteiger partial charge in [0, 0.05) is 43.4 Å². The fourth-order valence-corrected chi connectivity index (χ4v) is 2.32. The highest BCUT2D eigenvalue weighted by atomic mass is 16.5. The van der Waals surface area contributed by atoms with E-state index in [1.807, 2.05) is 19.9 Å². The van der Waals surface area contributed by atoms with Crippen LogP contribution in [0.1, 0.15) is 47.6 Å². The minimum atomic E-state index is -0.231. The van der Waals surface area contributed by atoms with Crippen LogP contribution in [-0.2, 0) is 0 Å². The molecular formula is C16H22N6O2. The number of hydrogen-bond acceptors (Lipinski definition) is 7. The Morgan fingerprint density at radius 3 is 2.83 bits per heavy atom. The molecule has 3 N–H and O–H groups in total. The number of hydrogen-bond donors (Lipinski definition) is 3.